The summed E-state index contributed by atoms with van der Waals surface area (Å²) in [6, 6.07) is 4.25. The van der Waals surface area contributed by atoms with Crippen LogP contribution in [0.15, 0.2) is 27.8 Å². The van der Waals surface area contributed by atoms with Crippen LogP contribution >= 0.6 is 23.2 Å². The molecule has 0 bridgehead atoms. The highest BCUT2D eigenvalue weighted by Gasteiger charge is 2.17. The van der Waals surface area contributed by atoms with Gasteiger partial charge in [-0.2, -0.15) is 4.39 Å². The number of aromatic nitrogens is 2. The van der Waals surface area contributed by atoms with Crippen LogP contribution in [-0.2, 0) is 0 Å². The topological polar surface area (TPSA) is 75.1 Å². The van der Waals surface area contributed by atoms with Crippen molar-refractivity contribution in [1.29, 1.82) is 0 Å². The standard InChI is InChI=1S/C10H5Cl2FN2O3/c11-4-2-1-3-5(6(4)12)15-9(17)7(13)8(16)14-10(15)18/h1-3,17H,(H,14,16,18). The Morgan fingerprint density at radius 1 is 1.28 bits per heavy atom. The fraction of sp³-hybridized carbons (Fsp3) is 0. The Morgan fingerprint density at radius 3 is 2.61 bits per heavy atom. The summed E-state index contributed by atoms with van der Waals surface area (Å²) >= 11 is 11.6. The molecular formula is C10H5Cl2FN2O3. The van der Waals surface area contributed by atoms with Gasteiger partial charge in [0.05, 0.1) is 15.7 Å². The molecule has 0 saturated heterocycles. The van der Waals surface area contributed by atoms with E-state index in [1.165, 1.54) is 18.2 Å². The first-order valence-electron chi connectivity index (χ1n) is 4.61. The first-order chi connectivity index (χ1) is 8.43. The van der Waals surface area contributed by atoms with E-state index < -0.39 is 22.9 Å². The van der Waals surface area contributed by atoms with Crippen molar-refractivity contribution in [3.8, 4) is 11.6 Å². The summed E-state index contributed by atoms with van der Waals surface area (Å²) in [5.74, 6) is -2.61. The van der Waals surface area contributed by atoms with E-state index >= 15 is 0 Å². The molecule has 0 fully saturated rings. The van der Waals surface area contributed by atoms with E-state index in [4.69, 9.17) is 23.2 Å². The largest absolute Gasteiger partial charge is 0.492 e. The third kappa shape index (κ3) is 1.89. The molecule has 8 heteroatoms. The number of benzene rings is 1. The molecular weight excluding hydrogens is 286 g/mol. The normalized spacial score (nSPS) is 10.6. The fourth-order valence-corrected chi connectivity index (χ4v) is 1.77. The number of nitrogens with one attached hydrogen (secondary N) is 1. The van der Waals surface area contributed by atoms with Gasteiger partial charge in [-0.05, 0) is 12.1 Å². The lowest BCUT2D eigenvalue weighted by atomic mass is 10.3. The Hall–Kier alpha value is -1.79. The summed E-state index contributed by atoms with van der Waals surface area (Å²) in [5.41, 5.74) is -2.38. The zero-order valence-corrected chi connectivity index (χ0v) is 10.1. The lowest BCUT2D eigenvalue weighted by Gasteiger charge is -2.10. The SMILES string of the molecule is O=c1[nH]c(=O)n(-c2cccc(Cl)c2Cl)c(O)c1F. The van der Waals surface area contributed by atoms with Crippen LogP contribution in [0.2, 0.25) is 10.0 Å². The lowest BCUT2D eigenvalue weighted by molar-refractivity contribution is 0.386. The summed E-state index contributed by atoms with van der Waals surface area (Å²) in [4.78, 5) is 24.2. The predicted octanol–water partition coefficient (Wildman–Crippen LogP) is 1.68. The molecule has 0 spiro atoms. The molecule has 18 heavy (non-hydrogen) atoms. The van der Waals surface area contributed by atoms with Crippen molar-refractivity contribution < 1.29 is 9.50 Å². The molecule has 2 N–H and O–H groups in total. The average Bonchev–Trinajstić information content (AvgIpc) is 2.32. The smallest absolute Gasteiger partial charge is 0.335 e. The molecule has 0 aliphatic heterocycles. The molecule has 94 valence electrons. The molecule has 0 aliphatic rings. The zero-order chi connectivity index (χ0) is 13.4. The van der Waals surface area contributed by atoms with Crippen molar-refractivity contribution in [2.24, 2.45) is 0 Å². The van der Waals surface area contributed by atoms with Crippen LogP contribution in [0.5, 0.6) is 5.88 Å². The van der Waals surface area contributed by atoms with Crippen molar-refractivity contribution in [3.05, 3.63) is 54.9 Å². The van der Waals surface area contributed by atoms with Gasteiger partial charge in [0.1, 0.15) is 0 Å². The summed E-state index contributed by atoms with van der Waals surface area (Å²) < 4.78 is 13.8. The minimum Gasteiger partial charge on any atom is -0.492 e. The lowest BCUT2D eigenvalue weighted by Crippen LogP contribution is -2.31. The molecule has 5 nitrogen and oxygen atoms in total. The van der Waals surface area contributed by atoms with Gasteiger partial charge in [-0.15, -0.1) is 0 Å². The second-order valence-corrected chi connectivity index (χ2v) is 4.09. The number of halogens is 3. The molecule has 0 radical (unpaired) electrons. The van der Waals surface area contributed by atoms with Crippen molar-refractivity contribution in [2.75, 3.05) is 0 Å². The van der Waals surface area contributed by atoms with Crippen molar-refractivity contribution >= 4 is 23.2 Å². The summed E-state index contributed by atoms with van der Waals surface area (Å²) in [5, 5.41) is 9.56. The van der Waals surface area contributed by atoms with E-state index in [9.17, 15) is 19.1 Å². The maximum absolute atomic E-state index is 13.3. The number of hydrogen-bond acceptors (Lipinski definition) is 3. The minimum absolute atomic E-state index is 0.0400. The first kappa shape index (κ1) is 12.7. The highest BCUT2D eigenvalue weighted by molar-refractivity contribution is 6.43. The molecule has 2 aromatic rings. The molecule has 0 unspecified atom stereocenters. The van der Waals surface area contributed by atoms with Crippen LogP contribution in [0, 0.1) is 5.82 Å². The number of rotatable bonds is 1. The summed E-state index contributed by atoms with van der Waals surface area (Å²) in [7, 11) is 0. The van der Waals surface area contributed by atoms with E-state index in [0.717, 1.165) is 0 Å². The van der Waals surface area contributed by atoms with E-state index in [0.29, 0.717) is 4.57 Å². The van der Waals surface area contributed by atoms with Crippen LogP contribution in [0.3, 0.4) is 0 Å². The van der Waals surface area contributed by atoms with E-state index in [1.807, 2.05) is 0 Å². The summed E-state index contributed by atoms with van der Waals surface area (Å²) in [6.45, 7) is 0. The van der Waals surface area contributed by atoms with Gasteiger partial charge >= 0.3 is 5.69 Å². The number of hydrogen-bond donors (Lipinski definition) is 2. The minimum atomic E-state index is -1.48. The Kier molecular flexibility index (Phi) is 3.14. The fourth-order valence-electron chi connectivity index (χ4n) is 1.39. The molecule has 1 heterocycles. The second kappa shape index (κ2) is 4.47. The van der Waals surface area contributed by atoms with Crippen molar-refractivity contribution in [1.82, 2.24) is 9.55 Å². The van der Waals surface area contributed by atoms with Crippen molar-refractivity contribution in [2.45, 2.75) is 0 Å². The molecule has 1 aromatic carbocycles. The van der Waals surface area contributed by atoms with E-state index in [2.05, 4.69) is 0 Å². The second-order valence-electron chi connectivity index (χ2n) is 3.31. The monoisotopic (exact) mass is 290 g/mol. The molecule has 0 aliphatic carbocycles. The van der Waals surface area contributed by atoms with Crippen LogP contribution in [0.1, 0.15) is 0 Å². The highest BCUT2D eigenvalue weighted by atomic mass is 35.5. The molecule has 1 aromatic heterocycles. The molecule has 0 atom stereocenters. The van der Waals surface area contributed by atoms with Crippen LogP contribution < -0.4 is 11.2 Å². The van der Waals surface area contributed by atoms with Crippen LogP contribution in [0.4, 0.5) is 4.39 Å². The summed E-state index contributed by atoms with van der Waals surface area (Å²) in [6.07, 6.45) is 0. The van der Waals surface area contributed by atoms with Gasteiger partial charge in [0.25, 0.3) is 5.56 Å². The van der Waals surface area contributed by atoms with E-state index in [1.54, 1.807) is 4.98 Å². The third-order valence-electron chi connectivity index (χ3n) is 2.20. The molecule has 0 saturated carbocycles. The van der Waals surface area contributed by atoms with E-state index in [-0.39, 0.29) is 15.7 Å². The molecule has 2 rings (SSSR count). The first-order valence-corrected chi connectivity index (χ1v) is 5.37. The Balaban J connectivity index is 2.88. The van der Waals surface area contributed by atoms with Gasteiger partial charge < -0.3 is 5.11 Å². The molecule has 0 amide bonds. The van der Waals surface area contributed by atoms with Crippen LogP contribution in [-0.4, -0.2) is 14.7 Å². The Morgan fingerprint density at radius 2 is 1.94 bits per heavy atom. The number of H-pyrrole nitrogens is 1. The van der Waals surface area contributed by atoms with Crippen molar-refractivity contribution in [3.63, 3.8) is 0 Å². The quantitative estimate of drug-likeness (QED) is 0.839. The average molecular weight is 291 g/mol. The maximum Gasteiger partial charge on any atom is 0.335 e. The van der Waals surface area contributed by atoms with Gasteiger partial charge in [0.15, 0.2) is 0 Å². The number of aromatic amines is 1. The van der Waals surface area contributed by atoms with Crippen LogP contribution in [0.25, 0.3) is 5.69 Å². The highest BCUT2D eigenvalue weighted by Crippen LogP contribution is 2.29. The van der Waals surface area contributed by atoms with Gasteiger partial charge in [0.2, 0.25) is 11.7 Å². The zero-order valence-electron chi connectivity index (χ0n) is 8.58. The van der Waals surface area contributed by atoms with Gasteiger partial charge in [-0.1, -0.05) is 29.3 Å². The Bertz CT molecular complexity index is 739. The predicted molar refractivity (Wildman–Crippen MR) is 64.3 cm³/mol. The van der Waals surface area contributed by atoms with Gasteiger partial charge in [-0.25, -0.2) is 9.36 Å². The Labute approximate surface area is 109 Å². The number of nitrogens with zero attached hydrogens (tertiary/aromatic N) is 1. The van der Waals surface area contributed by atoms with Gasteiger partial charge in [0, 0.05) is 0 Å². The van der Waals surface area contributed by atoms with Gasteiger partial charge in [-0.3, -0.25) is 9.78 Å². The third-order valence-corrected chi connectivity index (χ3v) is 3.01. The number of aromatic hydroxyl groups is 1. The maximum atomic E-state index is 13.3.